The van der Waals surface area contributed by atoms with Crippen molar-refractivity contribution in [3.05, 3.63) is 64.5 Å². The molecule has 1 aliphatic rings. The van der Waals surface area contributed by atoms with E-state index in [4.69, 9.17) is 4.74 Å². The van der Waals surface area contributed by atoms with E-state index in [1.165, 1.54) is 14.0 Å². The molecule has 0 N–H and O–H groups in total. The number of carbonyl (C=O) groups is 2. The van der Waals surface area contributed by atoms with Gasteiger partial charge in [-0.25, -0.2) is 9.98 Å². The van der Waals surface area contributed by atoms with Crippen molar-refractivity contribution in [3.8, 4) is 0 Å². The third-order valence-corrected chi connectivity index (χ3v) is 4.57. The van der Waals surface area contributed by atoms with Crippen molar-refractivity contribution in [2.45, 2.75) is 39.2 Å². The molecule has 0 unspecified atom stereocenters. The van der Waals surface area contributed by atoms with E-state index in [9.17, 15) is 9.59 Å². The Hall–Kier alpha value is -2.82. The Morgan fingerprint density at radius 2 is 1.96 bits per heavy atom. The van der Waals surface area contributed by atoms with Gasteiger partial charge < -0.3 is 4.74 Å². The number of aliphatic imine (C=N–C) groups is 1. The molecule has 3 rings (SSSR count). The predicted octanol–water partition coefficient (Wildman–Crippen LogP) is 3.50. The number of carbonyl (C=O) groups excluding carboxylic acids is 2. The summed E-state index contributed by atoms with van der Waals surface area (Å²) in [6, 6.07) is 11.8. The summed E-state index contributed by atoms with van der Waals surface area (Å²) in [6.07, 6.45) is 0.658. The summed E-state index contributed by atoms with van der Waals surface area (Å²) in [5.41, 5.74) is 3.64. The normalized spacial score (nSPS) is 13.7. The highest BCUT2D eigenvalue weighted by atomic mass is 16.5. The minimum Gasteiger partial charge on any atom is -0.481 e. The molecule has 0 fully saturated rings. The third kappa shape index (κ3) is 3.72. The van der Waals surface area contributed by atoms with E-state index < -0.39 is 0 Å². The van der Waals surface area contributed by atoms with Crippen molar-refractivity contribution in [2.75, 3.05) is 7.11 Å². The first-order valence-corrected chi connectivity index (χ1v) is 8.68. The number of nitrogens with zero attached hydrogens (tertiary/aromatic N) is 2. The topological polar surface area (TPSA) is 68.6 Å². The molecule has 26 heavy (non-hydrogen) atoms. The number of hydrogen-bond donors (Lipinski definition) is 0. The summed E-state index contributed by atoms with van der Waals surface area (Å²) in [5.74, 6) is 0.538. The van der Waals surface area contributed by atoms with E-state index in [0.717, 1.165) is 11.1 Å². The van der Waals surface area contributed by atoms with E-state index in [-0.39, 0.29) is 23.9 Å². The van der Waals surface area contributed by atoms with Crippen molar-refractivity contribution >= 4 is 17.5 Å². The highest BCUT2D eigenvalue weighted by Crippen LogP contribution is 2.25. The van der Waals surface area contributed by atoms with Gasteiger partial charge in [0.15, 0.2) is 5.78 Å². The van der Waals surface area contributed by atoms with Crippen LogP contribution in [0.3, 0.4) is 0 Å². The highest BCUT2D eigenvalue weighted by Gasteiger charge is 2.25. The van der Waals surface area contributed by atoms with E-state index in [1.54, 1.807) is 0 Å². The summed E-state index contributed by atoms with van der Waals surface area (Å²) in [5, 5.41) is 0. The van der Waals surface area contributed by atoms with Gasteiger partial charge in [0.05, 0.1) is 19.2 Å². The predicted molar refractivity (Wildman–Crippen MR) is 99.7 cm³/mol. The lowest BCUT2D eigenvalue weighted by atomic mass is 9.94. The zero-order valence-corrected chi connectivity index (χ0v) is 15.3. The Morgan fingerprint density at radius 3 is 2.62 bits per heavy atom. The molecule has 134 valence electrons. The Morgan fingerprint density at radius 1 is 1.23 bits per heavy atom. The van der Waals surface area contributed by atoms with Crippen LogP contribution >= 0.6 is 0 Å². The minimum atomic E-state index is -0.153. The second-order valence-corrected chi connectivity index (χ2v) is 6.61. The molecule has 2 aromatic rings. The first-order chi connectivity index (χ1) is 12.5. The number of rotatable bonds is 6. The van der Waals surface area contributed by atoms with Gasteiger partial charge in [-0.1, -0.05) is 37.3 Å². The van der Waals surface area contributed by atoms with Crippen LogP contribution in [0.15, 0.2) is 41.4 Å². The molecule has 0 aliphatic carbocycles. The van der Waals surface area contributed by atoms with Crippen molar-refractivity contribution < 1.29 is 14.3 Å². The lowest BCUT2D eigenvalue weighted by Gasteiger charge is -2.12. The van der Waals surface area contributed by atoms with Crippen molar-refractivity contribution in [3.63, 3.8) is 0 Å². The molecule has 5 heteroatoms. The standard InChI is InChI=1S/C21H22N2O3/c1-13(15-7-5-4-6-8-15)9-18(25)11-17-10-16-12-22-21(26-3)19(16)20(23-17)14(2)24/h4-8,10,13H,9,11-12H2,1-3H3/t13-/m0/s1. The Kier molecular flexibility index (Phi) is 5.26. The fraction of sp³-hybridized carbons (Fsp3) is 0.333. The molecular weight excluding hydrogens is 328 g/mol. The number of fused-ring (bicyclic) bond motifs is 1. The zero-order chi connectivity index (χ0) is 18.7. The van der Waals surface area contributed by atoms with Crippen LogP contribution in [0.25, 0.3) is 0 Å². The number of pyridine rings is 1. The second kappa shape index (κ2) is 7.60. The van der Waals surface area contributed by atoms with Gasteiger partial charge in [0.1, 0.15) is 11.5 Å². The minimum absolute atomic E-state index is 0.106. The smallest absolute Gasteiger partial charge is 0.218 e. The van der Waals surface area contributed by atoms with Crippen LogP contribution in [0, 0.1) is 0 Å². The first kappa shape index (κ1) is 18.0. The molecule has 5 nitrogen and oxygen atoms in total. The summed E-state index contributed by atoms with van der Waals surface area (Å²) in [7, 11) is 1.53. The summed E-state index contributed by atoms with van der Waals surface area (Å²) >= 11 is 0. The molecule has 1 atom stereocenters. The molecule has 1 aromatic carbocycles. The molecule has 0 spiro atoms. The fourth-order valence-electron chi connectivity index (χ4n) is 3.28. The van der Waals surface area contributed by atoms with E-state index >= 15 is 0 Å². The Balaban J connectivity index is 1.77. The van der Waals surface area contributed by atoms with E-state index in [0.29, 0.717) is 35.8 Å². The Labute approximate surface area is 153 Å². The maximum Gasteiger partial charge on any atom is 0.218 e. The van der Waals surface area contributed by atoms with Crippen LogP contribution in [-0.2, 0) is 22.5 Å². The van der Waals surface area contributed by atoms with Crippen molar-refractivity contribution in [2.24, 2.45) is 4.99 Å². The molecule has 2 heterocycles. The van der Waals surface area contributed by atoms with Crippen molar-refractivity contribution in [1.29, 1.82) is 0 Å². The largest absolute Gasteiger partial charge is 0.481 e. The van der Waals surface area contributed by atoms with Gasteiger partial charge in [-0.2, -0.15) is 0 Å². The lowest BCUT2D eigenvalue weighted by Crippen LogP contribution is -2.15. The maximum atomic E-state index is 12.5. The van der Waals surface area contributed by atoms with E-state index in [1.807, 2.05) is 43.3 Å². The number of ketones is 2. The second-order valence-electron chi connectivity index (χ2n) is 6.61. The Bertz CT molecular complexity index is 872. The summed E-state index contributed by atoms with van der Waals surface area (Å²) in [6.45, 7) is 3.96. The van der Waals surface area contributed by atoms with Crippen LogP contribution in [0.1, 0.15) is 59.1 Å². The van der Waals surface area contributed by atoms with Crippen LogP contribution in [0.4, 0.5) is 0 Å². The highest BCUT2D eigenvalue weighted by molar-refractivity contribution is 6.08. The fourth-order valence-corrected chi connectivity index (χ4v) is 3.28. The monoisotopic (exact) mass is 350 g/mol. The van der Waals surface area contributed by atoms with Crippen LogP contribution in [-0.4, -0.2) is 29.6 Å². The molecule has 0 saturated heterocycles. The number of ether oxygens (including phenoxy) is 1. The van der Waals surface area contributed by atoms with Gasteiger partial charge in [0, 0.05) is 25.5 Å². The first-order valence-electron chi connectivity index (χ1n) is 8.68. The molecular formula is C21H22N2O3. The quantitative estimate of drug-likeness (QED) is 0.748. The summed E-state index contributed by atoms with van der Waals surface area (Å²) < 4.78 is 5.24. The SMILES string of the molecule is COC1=NCc2cc(CC(=O)C[C@H](C)c3ccccc3)nc(C(C)=O)c21. The van der Waals surface area contributed by atoms with Crippen LogP contribution in [0.2, 0.25) is 0 Å². The molecule has 0 saturated carbocycles. The van der Waals surface area contributed by atoms with E-state index in [2.05, 4.69) is 9.98 Å². The molecule has 0 bridgehead atoms. The molecule has 1 aliphatic heterocycles. The molecule has 1 aromatic heterocycles. The number of methoxy groups -OCH3 is 1. The van der Waals surface area contributed by atoms with Gasteiger partial charge in [0.2, 0.25) is 5.90 Å². The van der Waals surface area contributed by atoms with Gasteiger partial charge in [0.25, 0.3) is 0 Å². The number of Topliss-reactive ketones (excluding diaryl/α,β-unsaturated/α-hetero) is 2. The summed E-state index contributed by atoms with van der Waals surface area (Å²) in [4.78, 5) is 33.3. The number of aromatic nitrogens is 1. The van der Waals surface area contributed by atoms with Gasteiger partial charge in [-0.15, -0.1) is 0 Å². The average molecular weight is 350 g/mol. The molecule has 0 amide bonds. The van der Waals surface area contributed by atoms with Gasteiger partial charge in [-0.3, -0.25) is 9.59 Å². The maximum absolute atomic E-state index is 12.5. The average Bonchev–Trinajstić information content (AvgIpc) is 3.04. The van der Waals surface area contributed by atoms with Gasteiger partial charge >= 0.3 is 0 Å². The zero-order valence-electron chi connectivity index (χ0n) is 15.3. The van der Waals surface area contributed by atoms with Gasteiger partial charge in [-0.05, 0) is 23.1 Å². The third-order valence-electron chi connectivity index (χ3n) is 4.57. The van der Waals surface area contributed by atoms with Crippen molar-refractivity contribution in [1.82, 2.24) is 4.98 Å². The molecule has 0 radical (unpaired) electrons. The van der Waals surface area contributed by atoms with Crippen LogP contribution in [0.5, 0.6) is 0 Å². The van der Waals surface area contributed by atoms with Crippen LogP contribution < -0.4 is 0 Å². The lowest BCUT2D eigenvalue weighted by molar-refractivity contribution is -0.118. The number of benzene rings is 1. The number of hydrogen-bond acceptors (Lipinski definition) is 5.